The van der Waals surface area contributed by atoms with Crippen LogP contribution in [0.2, 0.25) is 0 Å². The Balaban J connectivity index is 0.00000176. The van der Waals surface area contributed by atoms with Crippen molar-refractivity contribution in [2.45, 2.75) is 13.3 Å². The Hall–Kier alpha value is -2.40. The summed E-state index contributed by atoms with van der Waals surface area (Å²) in [7, 11) is 0. The summed E-state index contributed by atoms with van der Waals surface area (Å²) in [5.41, 5.74) is 3.36. The average molecular weight is 318 g/mol. The predicted molar refractivity (Wildman–Crippen MR) is 86.3 cm³/mol. The van der Waals surface area contributed by atoms with Gasteiger partial charge in [-0.25, -0.2) is 4.98 Å². The van der Waals surface area contributed by atoms with Crippen molar-refractivity contribution in [1.29, 1.82) is 0 Å². The lowest BCUT2D eigenvalue weighted by molar-refractivity contribution is 0.0954. The molecule has 114 valence electrons. The summed E-state index contributed by atoms with van der Waals surface area (Å²) in [4.78, 5) is 20.0. The van der Waals surface area contributed by atoms with Crippen LogP contribution in [0.1, 0.15) is 21.8 Å². The van der Waals surface area contributed by atoms with Crippen molar-refractivity contribution in [1.82, 2.24) is 15.3 Å². The topological polar surface area (TPSA) is 68.0 Å². The fourth-order valence-corrected chi connectivity index (χ4v) is 2.17. The lowest BCUT2D eigenvalue weighted by Crippen LogP contribution is -2.25. The highest BCUT2D eigenvalue weighted by Crippen LogP contribution is 2.17. The van der Waals surface area contributed by atoms with Gasteiger partial charge in [-0.1, -0.05) is 6.07 Å². The van der Waals surface area contributed by atoms with Crippen LogP contribution in [-0.4, -0.2) is 22.4 Å². The van der Waals surface area contributed by atoms with Crippen LogP contribution in [0.25, 0.3) is 11.1 Å². The maximum Gasteiger partial charge on any atom is 0.251 e. The van der Waals surface area contributed by atoms with Crippen LogP contribution in [0.15, 0.2) is 47.1 Å². The Morgan fingerprint density at radius 2 is 2.00 bits per heavy atom. The van der Waals surface area contributed by atoms with E-state index in [0.717, 1.165) is 23.1 Å². The number of fused-ring (bicyclic) bond motifs is 1. The Labute approximate surface area is 134 Å². The summed E-state index contributed by atoms with van der Waals surface area (Å²) in [6.45, 7) is 2.40. The zero-order valence-corrected chi connectivity index (χ0v) is 12.9. The van der Waals surface area contributed by atoms with Crippen molar-refractivity contribution >= 4 is 29.4 Å². The first-order valence-electron chi connectivity index (χ1n) is 6.77. The molecule has 3 rings (SSSR count). The van der Waals surface area contributed by atoms with Crippen LogP contribution in [0.3, 0.4) is 0 Å². The van der Waals surface area contributed by atoms with Gasteiger partial charge >= 0.3 is 0 Å². The molecule has 1 amide bonds. The molecule has 3 aromatic rings. The van der Waals surface area contributed by atoms with Crippen molar-refractivity contribution in [2.24, 2.45) is 0 Å². The maximum atomic E-state index is 11.9. The van der Waals surface area contributed by atoms with Crippen molar-refractivity contribution in [3.05, 3.63) is 59.7 Å². The zero-order chi connectivity index (χ0) is 14.7. The number of hydrogen-bond acceptors (Lipinski definition) is 4. The van der Waals surface area contributed by atoms with E-state index in [0.29, 0.717) is 18.0 Å². The van der Waals surface area contributed by atoms with Gasteiger partial charge in [-0.05, 0) is 36.2 Å². The van der Waals surface area contributed by atoms with Gasteiger partial charge in [-0.2, -0.15) is 0 Å². The number of hydrogen-bond donors (Lipinski definition) is 1. The van der Waals surface area contributed by atoms with Crippen molar-refractivity contribution in [3.8, 4) is 0 Å². The molecule has 0 aliphatic carbocycles. The van der Waals surface area contributed by atoms with Gasteiger partial charge in [0.2, 0.25) is 0 Å². The second-order valence-corrected chi connectivity index (χ2v) is 4.78. The highest BCUT2D eigenvalue weighted by Gasteiger charge is 2.05. The molecule has 0 bridgehead atoms. The fraction of sp³-hybridized carbons (Fsp3) is 0.188. The van der Waals surface area contributed by atoms with Crippen LogP contribution in [0.4, 0.5) is 0 Å². The van der Waals surface area contributed by atoms with E-state index in [2.05, 4.69) is 15.3 Å². The third-order valence-electron chi connectivity index (χ3n) is 3.20. The molecular formula is C16H16ClN3O2. The van der Waals surface area contributed by atoms with E-state index in [1.54, 1.807) is 24.5 Å². The Morgan fingerprint density at radius 1 is 1.23 bits per heavy atom. The SMILES string of the molecule is Cc1nc2ccc(CCNC(=O)c3ccncc3)cc2o1.Cl. The molecule has 6 heteroatoms. The number of rotatable bonds is 4. The van der Waals surface area contributed by atoms with E-state index < -0.39 is 0 Å². The largest absolute Gasteiger partial charge is 0.441 e. The number of nitrogens with one attached hydrogen (secondary N) is 1. The van der Waals surface area contributed by atoms with E-state index in [-0.39, 0.29) is 18.3 Å². The Bertz CT molecular complexity index is 771. The molecule has 1 N–H and O–H groups in total. The molecule has 0 radical (unpaired) electrons. The molecule has 0 spiro atoms. The quantitative estimate of drug-likeness (QED) is 0.803. The van der Waals surface area contributed by atoms with Crippen molar-refractivity contribution < 1.29 is 9.21 Å². The summed E-state index contributed by atoms with van der Waals surface area (Å²) in [5, 5.41) is 2.89. The first-order valence-corrected chi connectivity index (χ1v) is 6.77. The third-order valence-corrected chi connectivity index (χ3v) is 3.20. The number of benzene rings is 1. The van der Waals surface area contributed by atoms with E-state index in [1.807, 2.05) is 25.1 Å². The summed E-state index contributed by atoms with van der Waals surface area (Å²) in [5.74, 6) is 0.571. The average Bonchev–Trinajstić information content (AvgIpc) is 2.87. The minimum absolute atomic E-state index is 0. The molecular weight excluding hydrogens is 302 g/mol. The van der Waals surface area contributed by atoms with Gasteiger partial charge in [0.15, 0.2) is 11.5 Å². The number of halogens is 1. The number of nitrogens with zero attached hydrogens (tertiary/aromatic N) is 2. The normalized spacial score (nSPS) is 10.2. The second kappa shape index (κ2) is 7.04. The summed E-state index contributed by atoms with van der Waals surface area (Å²) >= 11 is 0. The summed E-state index contributed by atoms with van der Waals surface area (Å²) in [6.07, 6.45) is 3.96. The van der Waals surface area contributed by atoms with Gasteiger partial charge in [0.1, 0.15) is 5.52 Å². The van der Waals surface area contributed by atoms with Crippen LogP contribution in [0, 0.1) is 6.92 Å². The third kappa shape index (κ3) is 3.62. The van der Waals surface area contributed by atoms with E-state index >= 15 is 0 Å². The van der Waals surface area contributed by atoms with Crippen LogP contribution in [-0.2, 0) is 6.42 Å². The van der Waals surface area contributed by atoms with E-state index in [4.69, 9.17) is 4.42 Å². The first kappa shape index (κ1) is 16.0. The molecule has 1 aromatic carbocycles. The molecule has 2 aromatic heterocycles. The molecule has 0 fully saturated rings. The summed E-state index contributed by atoms with van der Waals surface area (Å²) < 4.78 is 5.50. The Kier molecular flexibility index (Phi) is 5.12. The number of carbonyl (C=O) groups is 1. The first-order chi connectivity index (χ1) is 10.2. The second-order valence-electron chi connectivity index (χ2n) is 4.78. The van der Waals surface area contributed by atoms with E-state index in [1.165, 1.54) is 0 Å². The number of pyridine rings is 1. The lowest BCUT2D eigenvalue weighted by Gasteiger charge is -2.05. The molecule has 22 heavy (non-hydrogen) atoms. The predicted octanol–water partition coefficient (Wildman–Crippen LogP) is 2.93. The number of amides is 1. The molecule has 2 heterocycles. The number of aryl methyl sites for hydroxylation is 1. The summed E-state index contributed by atoms with van der Waals surface area (Å²) in [6, 6.07) is 9.29. The number of carbonyl (C=O) groups excluding carboxylic acids is 1. The van der Waals surface area contributed by atoms with Gasteiger partial charge in [-0.15, -0.1) is 12.4 Å². The van der Waals surface area contributed by atoms with Crippen LogP contribution in [0.5, 0.6) is 0 Å². The lowest BCUT2D eigenvalue weighted by atomic mass is 10.1. The van der Waals surface area contributed by atoms with E-state index in [9.17, 15) is 4.79 Å². The fourth-order valence-electron chi connectivity index (χ4n) is 2.17. The molecule has 5 nitrogen and oxygen atoms in total. The minimum Gasteiger partial charge on any atom is -0.441 e. The molecule has 0 saturated heterocycles. The molecule has 0 unspecified atom stereocenters. The van der Waals surface area contributed by atoms with Gasteiger partial charge in [0, 0.05) is 31.4 Å². The van der Waals surface area contributed by atoms with Crippen LogP contribution < -0.4 is 5.32 Å². The molecule has 0 aliphatic heterocycles. The maximum absolute atomic E-state index is 11.9. The highest BCUT2D eigenvalue weighted by molar-refractivity contribution is 5.93. The smallest absolute Gasteiger partial charge is 0.251 e. The molecule has 0 atom stereocenters. The number of aromatic nitrogens is 2. The zero-order valence-electron chi connectivity index (χ0n) is 12.1. The van der Waals surface area contributed by atoms with Crippen LogP contribution >= 0.6 is 12.4 Å². The monoisotopic (exact) mass is 317 g/mol. The van der Waals surface area contributed by atoms with Crippen molar-refractivity contribution in [2.75, 3.05) is 6.54 Å². The molecule has 0 aliphatic rings. The van der Waals surface area contributed by atoms with Gasteiger partial charge in [0.25, 0.3) is 5.91 Å². The minimum atomic E-state index is -0.0889. The van der Waals surface area contributed by atoms with Gasteiger partial charge in [-0.3, -0.25) is 9.78 Å². The highest BCUT2D eigenvalue weighted by atomic mass is 35.5. The number of oxazole rings is 1. The van der Waals surface area contributed by atoms with Gasteiger partial charge in [0.05, 0.1) is 0 Å². The van der Waals surface area contributed by atoms with Gasteiger partial charge < -0.3 is 9.73 Å². The standard InChI is InChI=1S/C16H15N3O2.ClH/c1-11-19-14-3-2-12(10-15(14)21-11)4-9-18-16(20)13-5-7-17-8-6-13;/h2-3,5-8,10H,4,9H2,1H3,(H,18,20);1H. The molecule has 0 saturated carbocycles. The van der Waals surface area contributed by atoms with Crippen molar-refractivity contribution in [3.63, 3.8) is 0 Å². The Morgan fingerprint density at radius 3 is 2.77 bits per heavy atom.